The number of ether oxygens (including phenoxy) is 1. The molecule has 0 bridgehead atoms. The number of cyclic esters (lactones) is 1. The van der Waals surface area contributed by atoms with Crippen molar-refractivity contribution in [2.24, 2.45) is 5.16 Å². The van der Waals surface area contributed by atoms with Gasteiger partial charge in [0.1, 0.15) is 30.0 Å². The van der Waals surface area contributed by atoms with E-state index in [0.717, 1.165) is 16.2 Å². The maximum absolute atomic E-state index is 13.1. The number of amides is 2. The number of nitrogens with one attached hydrogen (secondary N) is 1. The summed E-state index contributed by atoms with van der Waals surface area (Å²) in [6.07, 6.45) is 1.44. The van der Waals surface area contributed by atoms with E-state index in [9.17, 15) is 24.3 Å². The topological polar surface area (TPSA) is 176 Å². The molecule has 0 spiro atoms. The second kappa shape index (κ2) is 12.0. The maximum Gasteiger partial charge on any atom is 1.00 e. The fourth-order valence-electron chi connectivity index (χ4n) is 4.38. The molecule has 0 radical (unpaired) electrons. The molecule has 0 unspecified atom stereocenters. The van der Waals surface area contributed by atoms with Crippen molar-refractivity contribution < 1.29 is 63.4 Å². The predicted molar refractivity (Wildman–Crippen MR) is 140 cm³/mol. The minimum Gasteiger partial charge on any atom is -0.543 e. The van der Waals surface area contributed by atoms with E-state index in [4.69, 9.17) is 15.3 Å². The molecule has 3 aliphatic rings. The van der Waals surface area contributed by atoms with Crippen molar-refractivity contribution >= 4 is 63.3 Å². The first-order chi connectivity index (χ1) is 18.7. The number of fused-ring (bicyclic) bond motifs is 1. The monoisotopic (exact) mass is 589 g/mol. The van der Waals surface area contributed by atoms with Gasteiger partial charge in [-0.15, -0.1) is 23.1 Å². The van der Waals surface area contributed by atoms with Gasteiger partial charge in [0.2, 0.25) is 0 Å². The zero-order valence-electron chi connectivity index (χ0n) is 21.5. The average Bonchev–Trinajstić information content (AvgIpc) is 3.47. The van der Waals surface area contributed by atoms with Crippen LogP contribution < -0.4 is 45.7 Å². The fraction of sp³-hybridized carbons (Fsp3) is 0.200. The number of carbonyl (C=O) groups excluding carboxylic acids is 4. The molecule has 15 heteroatoms. The number of carbonyl (C=O) groups is 4. The Balaban J connectivity index is 0.00000370. The summed E-state index contributed by atoms with van der Waals surface area (Å²) in [5.41, 5.74) is 7.10. The van der Waals surface area contributed by atoms with Gasteiger partial charge in [-0.1, -0.05) is 35.5 Å². The quantitative estimate of drug-likeness (QED) is 0.114. The van der Waals surface area contributed by atoms with Crippen LogP contribution in [0.15, 0.2) is 69.5 Å². The Morgan fingerprint density at radius 1 is 1.30 bits per heavy atom. The standard InChI is InChI=1S/C25H21N5O7S2.Na/c1-11-15(37-24(35)16(11)12-6-4-3-5-7-12)8-13-9-38-22-18(21(32)30(22)19(13)23(33)34)28-20(31)17(29-36-2)14-10-39-25(26)27-14;/h3-8,10,18,22H,9H2,1-2H3,(H2,26,27)(H,28,31)(H,33,34);/q;+1/p-1/b15-8+,29-17-;/t18-,22-;/m1./s1. The van der Waals surface area contributed by atoms with E-state index in [1.807, 2.05) is 6.07 Å². The SMILES string of the molecule is CO/N=C(\C(=O)N[C@@H]1C(=O)N2C(C(=O)[O-])=C(/C=C3/OC(=O)C(c4ccccc4)=C3C)CS[C@H]12)c1csc(N)n1.[Na+]. The molecule has 12 nitrogen and oxygen atoms in total. The summed E-state index contributed by atoms with van der Waals surface area (Å²) in [6, 6.07) is 7.92. The van der Waals surface area contributed by atoms with Crippen LogP contribution in [0, 0.1) is 0 Å². The molecule has 4 heterocycles. The molecule has 1 fully saturated rings. The zero-order chi connectivity index (χ0) is 27.8. The number of hydrogen-bond acceptors (Lipinski definition) is 12. The van der Waals surface area contributed by atoms with Gasteiger partial charge in [0, 0.05) is 16.7 Å². The maximum atomic E-state index is 13.1. The van der Waals surface area contributed by atoms with Gasteiger partial charge in [-0.3, -0.25) is 14.5 Å². The number of benzene rings is 1. The smallest absolute Gasteiger partial charge is 0.543 e. The number of rotatable bonds is 7. The first kappa shape index (κ1) is 29.6. The summed E-state index contributed by atoms with van der Waals surface area (Å²) in [5.74, 6) is -3.17. The van der Waals surface area contributed by atoms with E-state index in [2.05, 4.69) is 15.5 Å². The molecule has 2 atom stereocenters. The van der Waals surface area contributed by atoms with Gasteiger partial charge < -0.3 is 30.5 Å². The minimum absolute atomic E-state index is 0. The van der Waals surface area contributed by atoms with Crippen LogP contribution >= 0.6 is 23.1 Å². The van der Waals surface area contributed by atoms with Crippen molar-refractivity contribution in [1.82, 2.24) is 15.2 Å². The largest absolute Gasteiger partial charge is 1.00 e. The number of aromatic nitrogens is 1. The second-order valence-electron chi connectivity index (χ2n) is 8.48. The third-order valence-electron chi connectivity index (χ3n) is 6.16. The number of allylic oxidation sites excluding steroid dienone is 2. The molecule has 3 aliphatic heterocycles. The van der Waals surface area contributed by atoms with E-state index in [1.54, 1.807) is 31.2 Å². The van der Waals surface area contributed by atoms with Crippen LogP contribution in [-0.2, 0) is 28.8 Å². The van der Waals surface area contributed by atoms with Crippen molar-refractivity contribution in [2.75, 3.05) is 18.6 Å². The molecule has 1 aromatic heterocycles. The Labute approximate surface area is 258 Å². The first-order valence-corrected chi connectivity index (χ1v) is 13.4. The number of oxime groups is 1. The summed E-state index contributed by atoms with van der Waals surface area (Å²) in [5, 5.41) is 19.5. The van der Waals surface area contributed by atoms with Crippen molar-refractivity contribution in [1.29, 1.82) is 0 Å². The summed E-state index contributed by atoms with van der Waals surface area (Å²) >= 11 is 2.34. The van der Waals surface area contributed by atoms with Crippen LogP contribution in [0.3, 0.4) is 0 Å². The Hall–Kier alpha value is -3.43. The zero-order valence-corrected chi connectivity index (χ0v) is 25.1. The number of carboxylic acids is 1. The molecule has 0 saturated carbocycles. The molecule has 1 saturated heterocycles. The van der Waals surface area contributed by atoms with E-state index in [0.29, 0.717) is 16.7 Å². The summed E-state index contributed by atoms with van der Waals surface area (Å²) in [4.78, 5) is 60.5. The third-order valence-corrected chi connectivity index (χ3v) is 8.14. The summed E-state index contributed by atoms with van der Waals surface area (Å²) < 4.78 is 5.44. The molecule has 2 aromatic rings. The average molecular weight is 590 g/mol. The Kier molecular flexibility index (Phi) is 8.85. The summed E-state index contributed by atoms with van der Waals surface area (Å²) in [7, 11) is 1.25. The van der Waals surface area contributed by atoms with Crippen molar-refractivity contribution in [3.05, 3.63) is 75.6 Å². The second-order valence-corrected chi connectivity index (χ2v) is 10.5. The Bertz CT molecular complexity index is 1530. The van der Waals surface area contributed by atoms with Crippen LogP contribution in [-0.4, -0.2) is 63.6 Å². The van der Waals surface area contributed by atoms with Crippen molar-refractivity contribution in [3.8, 4) is 0 Å². The molecule has 3 N–H and O–H groups in total. The number of anilines is 1. The number of nitrogens with two attached hydrogens (primary N) is 1. The Morgan fingerprint density at radius 2 is 2.02 bits per heavy atom. The van der Waals surface area contributed by atoms with Gasteiger partial charge >= 0.3 is 35.5 Å². The first-order valence-electron chi connectivity index (χ1n) is 11.4. The summed E-state index contributed by atoms with van der Waals surface area (Å²) in [6.45, 7) is 1.70. The van der Waals surface area contributed by atoms with Gasteiger partial charge in [0.15, 0.2) is 10.8 Å². The van der Waals surface area contributed by atoms with Crippen molar-refractivity contribution in [3.63, 3.8) is 0 Å². The van der Waals surface area contributed by atoms with Crippen LogP contribution in [0.25, 0.3) is 5.57 Å². The molecule has 2 amide bonds. The third kappa shape index (κ3) is 5.32. The van der Waals surface area contributed by atoms with Crippen LogP contribution in [0.2, 0.25) is 0 Å². The molecule has 0 aliphatic carbocycles. The van der Waals surface area contributed by atoms with Crippen molar-refractivity contribution in [2.45, 2.75) is 18.3 Å². The fourth-order valence-corrected chi connectivity index (χ4v) is 6.24. The number of hydrogen-bond donors (Lipinski definition) is 2. The molecule has 40 heavy (non-hydrogen) atoms. The van der Waals surface area contributed by atoms with E-state index in [-0.39, 0.29) is 68.9 Å². The number of carboxylic acid groups (broad SMARTS) is 1. The molecular formula is C25H20N5NaO7S2. The molecule has 1 aromatic carbocycles. The van der Waals surface area contributed by atoms with Gasteiger partial charge in [0.25, 0.3) is 11.8 Å². The van der Waals surface area contributed by atoms with Gasteiger partial charge in [-0.25, -0.2) is 9.78 Å². The van der Waals surface area contributed by atoms with Gasteiger partial charge in [-0.2, -0.15) is 0 Å². The van der Waals surface area contributed by atoms with Crippen LogP contribution in [0.1, 0.15) is 18.2 Å². The molecule has 5 rings (SSSR count). The van der Waals surface area contributed by atoms with E-state index < -0.39 is 35.2 Å². The number of β-lactam (4-membered cyclic amide) rings is 1. The number of thiazole rings is 1. The number of nitrogen functional groups attached to an aromatic ring is 1. The van der Waals surface area contributed by atoms with E-state index in [1.165, 1.54) is 30.3 Å². The number of thioether (sulfide) groups is 1. The van der Waals surface area contributed by atoms with Gasteiger partial charge in [0.05, 0.1) is 17.2 Å². The minimum atomic E-state index is -1.57. The van der Waals surface area contributed by atoms with Crippen LogP contribution in [0.5, 0.6) is 0 Å². The predicted octanol–water partition coefficient (Wildman–Crippen LogP) is -2.60. The van der Waals surface area contributed by atoms with Gasteiger partial charge in [-0.05, 0) is 24.1 Å². The number of esters is 1. The molecule has 200 valence electrons. The van der Waals surface area contributed by atoms with E-state index >= 15 is 0 Å². The normalized spacial score (nSPS) is 21.5. The molecular weight excluding hydrogens is 569 g/mol. The number of nitrogens with zero attached hydrogens (tertiary/aromatic N) is 3. The Morgan fingerprint density at radius 3 is 2.65 bits per heavy atom. The number of aliphatic carboxylic acids is 1. The van der Waals surface area contributed by atoms with Crippen LogP contribution in [0.4, 0.5) is 5.13 Å².